The van der Waals surface area contributed by atoms with Crippen LogP contribution in [0.25, 0.3) is 0 Å². The van der Waals surface area contributed by atoms with Crippen LogP contribution in [0.15, 0.2) is 0 Å². The second-order valence-corrected chi connectivity index (χ2v) is 6.26. The van der Waals surface area contributed by atoms with Crippen LogP contribution in [0.2, 0.25) is 0 Å². The third-order valence-corrected chi connectivity index (χ3v) is 4.23. The summed E-state index contributed by atoms with van der Waals surface area (Å²) in [5.74, 6) is 0.852. The van der Waals surface area contributed by atoms with Crippen molar-refractivity contribution in [1.29, 1.82) is 5.26 Å². The zero-order chi connectivity index (χ0) is 13.0. The van der Waals surface area contributed by atoms with Crippen LogP contribution >= 0.6 is 0 Å². The van der Waals surface area contributed by atoms with Crippen molar-refractivity contribution in [3.8, 4) is 6.07 Å². The predicted octanol–water partition coefficient (Wildman–Crippen LogP) is 1.04. The molecule has 1 unspecified atom stereocenters. The topological polar surface area (TPSA) is 56.3 Å². The number of nitrogens with zero attached hydrogens (tertiary/aromatic N) is 3. The molecule has 2 rings (SSSR count). The molecule has 18 heavy (non-hydrogen) atoms. The Kier molecular flexibility index (Phi) is 4.60. The molecule has 2 heterocycles. The summed E-state index contributed by atoms with van der Waals surface area (Å²) in [5, 5.41) is 8.96. The van der Waals surface area contributed by atoms with E-state index in [1.165, 1.54) is 45.3 Å². The van der Waals surface area contributed by atoms with E-state index >= 15 is 0 Å². The van der Waals surface area contributed by atoms with Crippen molar-refractivity contribution in [2.45, 2.75) is 38.1 Å². The van der Waals surface area contributed by atoms with Crippen molar-refractivity contribution < 1.29 is 0 Å². The SMILES string of the molecule is CC(N)(C#N)CN1CCC(CN2CCCC2)CC1. The van der Waals surface area contributed by atoms with Gasteiger partial charge in [0.1, 0.15) is 5.54 Å². The van der Waals surface area contributed by atoms with Crippen molar-refractivity contribution in [1.82, 2.24) is 9.80 Å². The molecule has 4 heteroatoms. The number of rotatable bonds is 4. The molecular formula is C14H26N4. The first-order chi connectivity index (χ1) is 8.59. The lowest BCUT2D eigenvalue weighted by atomic mass is 9.94. The molecule has 1 atom stereocenters. The highest BCUT2D eigenvalue weighted by molar-refractivity contribution is 5.03. The van der Waals surface area contributed by atoms with Gasteiger partial charge in [-0.15, -0.1) is 0 Å². The highest BCUT2D eigenvalue weighted by Gasteiger charge is 2.27. The number of hydrogen-bond donors (Lipinski definition) is 1. The van der Waals surface area contributed by atoms with E-state index in [1.54, 1.807) is 0 Å². The van der Waals surface area contributed by atoms with Gasteiger partial charge in [-0.3, -0.25) is 0 Å². The van der Waals surface area contributed by atoms with Gasteiger partial charge >= 0.3 is 0 Å². The fourth-order valence-corrected chi connectivity index (χ4v) is 3.16. The molecule has 0 aliphatic carbocycles. The van der Waals surface area contributed by atoms with Crippen molar-refractivity contribution >= 4 is 0 Å². The maximum atomic E-state index is 8.96. The molecule has 0 radical (unpaired) electrons. The van der Waals surface area contributed by atoms with Crippen LogP contribution in [0.1, 0.15) is 32.6 Å². The highest BCUT2D eigenvalue weighted by Crippen LogP contribution is 2.21. The molecule has 0 saturated carbocycles. The first-order valence-electron chi connectivity index (χ1n) is 7.24. The fourth-order valence-electron chi connectivity index (χ4n) is 3.16. The van der Waals surface area contributed by atoms with Gasteiger partial charge in [0.15, 0.2) is 0 Å². The quantitative estimate of drug-likeness (QED) is 0.810. The van der Waals surface area contributed by atoms with E-state index in [0.717, 1.165) is 19.0 Å². The second-order valence-electron chi connectivity index (χ2n) is 6.26. The molecule has 0 spiro atoms. The van der Waals surface area contributed by atoms with Gasteiger partial charge in [-0.1, -0.05) is 0 Å². The Labute approximate surface area is 111 Å². The summed E-state index contributed by atoms with van der Waals surface area (Å²) in [5.41, 5.74) is 5.21. The molecule has 0 aromatic heterocycles. The van der Waals surface area contributed by atoms with Crippen molar-refractivity contribution in [3.63, 3.8) is 0 Å². The van der Waals surface area contributed by atoms with E-state index in [0.29, 0.717) is 6.54 Å². The summed E-state index contributed by atoms with van der Waals surface area (Å²) < 4.78 is 0. The minimum atomic E-state index is -0.693. The lowest BCUT2D eigenvalue weighted by Crippen LogP contribution is -2.49. The summed E-state index contributed by atoms with van der Waals surface area (Å²) in [6.07, 6.45) is 5.29. The summed E-state index contributed by atoms with van der Waals surface area (Å²) in [4.78, 5) is 4.96. The Morgan fingerprint density at radius 2 is 1.78 bits per heavy atom. The molecule has 2 aliphatic heterocycles. The van der Waals surface area contributed by atoms with Crippen molar-refractivity contribution in [2.75, 3.05) is 39.3 Å². The molecule has 0 aromatic carbocycles. The second kappa shape index (κ2) is 6.01. The predicted molar refractivity (Wildman–Crippen MR) is 73.0 cm³/mol. The largest absolute Gasteiger partial charge is 0.313 e. The van der Waals surface area contributed by atoms with Gasteiger partial charge in [0, 0.05) is 13.1 Å². The average Bonchev–Trinajstić information content (AvgIpc) is 2.84. The zero-order valence-electron chi connectivity index (χ0n) is 11.6. The van der Waals surface area contributed by atoms with Crippen LogP contribution in [0.3, 0.4) is 0 Å². The summed E-state index contributed by atoms with van der Waals surface area (Å²) in [7, 11) is 0. The zero-order valence-corrected chi connectivity index (χ0v) is 11.6. The lowest BCUT2D eigenvalue weighted by molar-refractivity contribution is 0.142. The van der Waals surface area contributed by atoms with E-state index < -0.39 is 5.54 Å². The minimum Gasteiger partial charge on any atom is -0.313 e. The van der Waals surface area contributed by atoms with E-state index in [1.807, 2.05) is 6.92 Å². The third-order valence-electron chi connectivity index (χ3n) is 4.23. The van der Waals surface area contributed by atoms with Gasteiger partial charge in [-0.25, -0.2) is 0 Å². The molecule has 2 N–H and O–H groups in total. The van der Waals surface area contributed by atoms with Crippen LogP contribution in [0.5, 0.6) is 0 Å². The van der Waals surface area contributed by atoms with Crippen molar-refractivity contribution in [2.24, 2.45) is 11.7 Å². The Bertz CT molecular complexity index is 293. The Morgan fingerprint density at radius 1 is 1.17 bits per heavy atom. The van der Waals surface area contributed by atoms with Crippen LogP contribution in [0.4, 0.5) is 0 Å². The van der Waals surface area contributed by atoms with E-state index in [4.69, 9.17) is 11.0 Å². The minimum absolute atomic E-state index is 0.693. The van der Waals surface area contributed by atoms with E-state index in [2.05, 4.69) is 15.9 Å². The lowest BCUT2D eigenvalue weighted by Gasteiger charge is -2.36. The Hall–Kier alpha value is -0.630. The Balaban J connectivity index is 1.69. The molecule has 102 valence electrons. The molecule has 0 amide bonds. The molecule has 0 aromatic rings. The average molecular weight is 250 g/mol. The normalized spacial score (nSPS) is 26.9. The Morgan fingerprint density at radius 3 is 2.33 bits per heavy atom. The molecular weight excluding hydrogens is 224 g/mol. The molecule has 2 saturated heterocycles. The van der Waals surface area contributed by atoms with Gasteiger partial charge in [-0.05, 0) is 64.7 Å². The van der Waals surface area contributed by atoms with Crippen LogP contribution < -0.4 is 5.73 Å². The van der Waals surface area contributed by atoms with E-state index in [-0.39, 0.29) is 0 Å². The maximum absolute atomic E-state index is 8.96. The maximum Gasteiger partial charge on any atom is 0.114 e. The van der Waals surface area contributed by atoms with Gasteiger partial charge in [-0.2, -0.15) is 5.26 Å². The van der Waals surface area contributed by atoms with Crippen LogP contribution in [-0.2, 0) is 0 Å². The number of piperidine rings is 1. The molecule has 2 fully saturated rings. The fraction of sp³-hybridized carbons (Fsp3) is 0.929. The number of likely N-dealkylation sites (tertiary alicyclic amines) is 2. The third kappa shape index (κ3) is 3.94. The highest BCUT2D eigenvalue weighted by atomic mass is 15.2. The summed E-state index contributed by atoms with van der Waals surface area (Å²) >= 11 is 0. The van der Waals surface area contributed by atoms with Crippen LogP contribution in [0, 0.1) is 17.2 Å². The summed E-state index contributed by atoms with van der Waals surface area (Å²) in [6, 6.07) is 2.19. The van der Waals surface area contributed by atoms with Crippen molar-refractivity contribution in [3.05, 3.63) is 0 Å². The van der Waals surface area contributed by atoms with Gasteiger partial charge < -0.3 is 15.5 Å². The van der Waals surface area contributed by atoms with E-state index in [9.17, 15) is 0 Å². The smallest absolute Gasteiger partial charge is 0.114 e. The van der Waals surface area contributed by atoms with Gasteiger partial charge in [0.05, 0.1) is 6.07 Å². The first-order valence-corrected chi connectivity index (χ1v) is 7.24. The monoisotopic (exact) mass is 250 g/mol. The van der Waals surface area contributed by atoms with Gasteiger partial charge in [0.2, 0.25) is 0 Å². The number of nitriles is 1. The number of nitrogens with two attached hydrogens (primary N) is 1. The standard InChI is InChI=1S/C14H26N4/c1-14(16,11-15)12-18-8-4-13(5-9-18)10-17-6-2-3-7-17/h13H,2-10,12,16H2,1H3. The number of hydrogen-bond acceptors (Lipinski definition) is 4. The molecule has 4 nitrogen and oxygen atoms in total. The first kappa shape index (κ1) is 13.8. The summed E-state index contributed by atoms with van der Waals surface area (Å²) in [6.45, 7) is 8.63. The molecule has 0 bridgehead atoms. The van der Waals surface area contributed by atoms with Crippen LogP contribution in [-0.4, -0.2) is 54.6 Å². The molecule has 2 aliphatic rings. The van der Waals surface area contributed by atoms with Gasteiger partial charge in [0.25, 0.3) is 0 Å².